The van der Waals surface area contributed by atoms with Crippen LogP contribution in [-0.4, -0.2) is 18.4 Å². The lowest BCUT2D eigenvalue weighted by Gasteiger charge is -2.29. The fourth-order valence-electron chi connectivity index (χ4n) is 2.07. The summed E-state index contributed by atoms with van der Waals surface area (Å²) in [4.78, 5) is 22.5. The van der Waals surface area contributed by atoms with Crippen molar-refractivity contribution in [3.8, 4) is 0 Å². The largest absolute Gasteiger partial charge is 0.462 e. The molecule has 3 nitrogen and oxygen atoms in total. The van der Waals surface area contributed by atoms with Crippen molar-refractivity contribution >= 4 is 11.8 Å². The third kappa shape index (κ3) is 4.67. The quantitative estimate of drug-likeness (QED) is 0.450. The Hall–Kier alpha value is -1.86. The molecule has 0 unspecified atom stereocenters. The highest BCUT2D eigenvalue weighted by molar-refractivity contribution is 5.93. The van der Waals surface area contributed by atoms with E-state index in [-0.39, 0.29) is 36.9 Å². The summed E-state index contributed by atoms with van der Waals surface area (Å²) in [6, 6.07) is 0.160. The van der Waals surface area contributed by atoms with Gasteiger partial charge in [-0.05, 0) is 43.2 Å². The molecule has 20 heavy (non-hydrogen) atoms. The topological polar surface area (TPSA) is 43.4 Å². The molecule has 0 aromatic rings. The van der Waals surface area contributed by atoms with E-state index >= 15 is 0 Å². The number of allylic oxidation sites excluding steroid dienone is 4. The highest BCUT2D eigenvalue weighted by Gasteiger charge is 2.30. The molecule has 0 saturated heterocycles. The lowest BCUT2D eigenvalue weighted by Crippen LogP contribution is -2.23. The molecule has 0 spiro atoms. The summed E-state index contributed by atoms with van der Waals surface area (Å²) < 4.78 is 20.7. The second-order valence-electron chi connectivity index (χ2n) is 5.55. The third-order valence-corrected chi connectivity index (χ3v) is 3.04. The highest BCUT2D eigenvalue weighted by Crippen LogP contribution is 2.38. The lowest BCUT2D eigenvalue weighted by atomic mass is 9.73. The molecule has 1 rings (SSSR count). The number of esters is 1. The Morgan fingerprint density at radius 3 is 2.85 bits per heavy atom. The minimum Gasteiger partial charge on any atom is -0.462 e. The van der Waals surface area contributed by atoms with Crippen molar-refractivity contribution in [3.05, 3.63) is 40.6 Å². The number of ether oxygens (including phenoxy) is 1. The van der Waals surface area contributed by atoms with Crippen molar-refractivity contribution in [2.75, 3.05) is 6.61 Å². The maximum absolute atomic E-state index is 11.8. The van der Waals surface area contributed by atoms with E-state index in [2.05, 4.69) is 5.73 Å². The van der Waals surface area contributed by atoms with Gasteiger partial charge in [0.15, 0.2) is 5.78 Å². The van der Waals surface area contributed by atoms with Gasteiger partial charge in [0.1, 0.15) is 6.61 Å². The zero-order valence-electron chi connectivity index (χ0n) is 14.7. The van der Waals surface area contributed by atoms with Crippen molar-refractivity contribution in [2.24, 2.45) is 5.41 Å². The molecule has 108 valence electrons. The monoisotopic (exact) mass is 276 g/mol. The van der Waals surface area contributed by atoms with Crippen molar-refractivity contribution in [3.63, 3.8) is 0 Å². The van der Waals surface area contributed by atoms with Gasteiger partial charge in [-0.25, -0.2) is 0 Å². The van der Waals surface area contributed by atoms with E-state index in [1.807, 2.05) is 13.8 Å². The Morgan fingerprint density at radius 2 is 2.25 bits per heavy atom. The van der Waals surface area contributed by atoms with E-state index in [0.29, 0.717) is 16.7 Å². The SMILES string of the molecule is [2H]C(=C=C1C(C)=C([2H])C(=O)CC1(C)C)/C(C)=C\COC(C)=O. The second kappa shape index (κ2) is 6.53. The fourth-order valence-corrected chi connectivity index (χ4v) is 2.07. The van der Waals surface area contributed by atoms with Gasteiger partial charge in [0, 0.05) is 24.3 Å². The fraction of sp³-hybridized carbons (Fsp3) is 0.471. The molecule has 3 heteroatoms. The van der Waals surface area contributed by atoms with Crippen molar-refractivity contribution in [2.45, 2.75) is 41.0 Å². The molecule has 0 radical (unpaired) electrons. The first-order valence-electron chi connectivity index (χ1n) is 7.56. The Labute approximate surface area is 123 Å². The Balaban J connectivity index is 3.26. The van der Waals surface area contributed by atoms with Crippen LogP contribution in [0.2, 0.25) is 0 Å². The predicted molar refractivity (Wildman–Crippen MR) is 79.1 cm³/mol. The van der Waals surface area contributed by atoms with Gasteiger partial charge in [-0.15, -0.1) is 5.73 Å². The molecule has 0 fully saturated rings. The first-order chi connectivity index (χ1) is 10.1. The van der Waals surface area contributed by atoms with Crippen LogP contribution in [0.5, 0.6) is 0 Å². The van der Waals surface area contributed by atoms with Crippen molar-refractivity contribution in [1.82, 2.24) is 0 Å². The summed E-state index contributed by atoms with van der Waals surface area (Å²) >= 11 is 0. The van der Waals surface area contributed by atoms with Gasteiger partial charge >= 0.3 is 5.97 Å². The summed E-state index contributed by atoms with van der Waals surface area (Å²) in [5.41, 5.74) is 4.46. The van der Waals surface area contributed by atoms with E-state index in [9.17, 15) is 9.59 Å². The summed E-state index contributed by atoms with van der Waals surface area (Å²) in [7, 11) is 0. The Kier molecular flexibility index (Phi) is 4.29. The molecule has 0 amide bonds. The molecular formula is C17H22O3. The zero-order valence-corrected chi connectivity index (χ0v) is 12.7. The maximum atomic E-state index is 11.8. The molecule has 0 saturated carbocycles. The summed E-state index contributed by atoms with van der Waals surface area (Å²) in [6.45, 7) is 8.72. The smallest absolute Gasteiger partial charge is 0.302 e. The molecule has 0 atom stereocenters. The molecule has 0 aliphatic heterocycles. The second-order valence-corrected chi connectivity index (χ2v) is 5.55. The first kappa shape index (κ1) is 13.1. The van der Waals surface area contributed by atoms with Gasteiger partial charge < -0.3 is 4.74 Å². The molecular weight excluding hydrogens is 252 g/mol. The molecule has 1 aliphatic rings. The summed E-state index contributed by atoms with van der Waals surface area (Å²) in [5, 5.41) is 0. The zero-order chi connectivity index (χ0) is 17.1. The minimum atomic E-state index is -0.450. The average Bonchev–Trinajstić information content (AvgIpc) is 2.40. The van der Waals surface area contributed by atoms with Gasteiger partial charge in [-0.1, -0.05) is 13.8 Å². The number of carbonyl (C=O) groups excluding carboxylic acids is 2. The average molecular weight is 276 g/mol. The van der Waals surface area contributed by atoms with Crippen LogP contribution < -0.4 is 0 Å². The molecule has 0 bridgehead atoms. The van der Waals surface area contributed by atoms with Crippen LogP contribution in [0.25, 0.3) is 0 Å². The van der Waals surface area contributed by atoms with Crippen LogP contribution in [0.3, 0.4) is 0 Å². The first-order valence-corrected chi connectivity index (χ1v) is 6.56. The predicted octanol–water partition coefficient (Wildman–Crippen LogP) is 3.52. The van der Waals surface area contributed by atoms with Crippen LogP contribution in [-0.2, 0) is 14.3 Å². The van der Waals surface area contributed by atoms with E-state index in [1.54, 1.807) is 19.9 Å². The van der Waals surface area contributed by atoms with E-state index in [0.717, 1.165) is 0 Å². The van der Waals surface area contributed by atoms with E-state index < -0.39 is 5.41 Å². The highest BCUT2D eigenvalue weighted by atomic mass is 16.5. The lowest BCUT2D eigenvalue weighted by molar-refractivity contribution is -0.139. The van der Waals surface area contributed by atoms with Gasteiger partial charge in [-0.3, -0.25) is 9.59 Å². The number of hydrogen-bond acceptors (Lipinski definition) is 3. The summed E-state index contributed by atoms with van der Waals surface area (Å²) in [5.74, 6) is -0.552. The number of rotatable bonds is 3. The minimum absolute atomic E-state index is 0.00355. The van der Waals surface area contributed by atoms with Crippen LogP contribution in [0, 0.1) is 5.41 Å². The maximum Gasteiger partial charge on any atom is 0.302 e. The van der Waals surface area contributed by atoms with Crippen LogP contribution >= 0.6 is 0 Å². The molecule has 1 aliphatic carbocycles. The van der Waals surface area contributed by atoms with Gasteiger partial charge in [0.05, 0.1) is 2.74 Å². The van der Waals surface area contributed by atoms with E-state index in [1.165, 1.54) is 6.92 Å². The van der Waals surface area contributed by atoms with Gasteiger partial charge in [-0.2, -0.15) is 0 Å². The van der Waals surface area contributed by atoms with Crippen LogP contribution in [0.15, 0.2) is 40.6 Å². The third-order valence-electron chi connectivity index (χ3n) is 3.04. The number of carbonyl (C=O) groups is 2. The standard InChI is InChI=1S/C17H22O3/c1-12(8-9-20-14(3)18)6-7-16-13(2)10-15(19)11-17(16,4)5/h6,8,10H,9,11H2,1-5H3/b12-8-/i6D,10D. The van der Waals surface area contributed by atoms with Crippen molar-refractivity contribution in [1.29, 1.82) is 0 Å². The van der Waals surface area contributed by atoms with E-state index in [4.69, 9.17) is 7.48 Å². The Morgan fingerprint density at radius 1 is 1.60 bits per heavy atom. The van der Waals surface area contributed by atoms with Gasteiger partial charge in [0.2, 0.25) is 0 Å². The molecule has 0 heterocycles. The molecule has 0 N–H and O–H groups in total. The van der Waals surface area contributed by atoms with Crippen LogP contribution in [0.1, 0.15) is 43.8 Å². The number of ketones is 1. The van der Waals surface area contributed by atoms with Gasteiger partial charge in [0.25, 0.3) is 0 Å². The number of hydrogen-bond donors (Lipinski definition) is 0. The van der Waals surface area contributed by atoms with Crippen LogP contribution in [0.4, 0.5) is 0 Å². The Bertz CT molecular complexity index is 630. The normalized spacial score (nSPS) is 20.1. The molecule has 0 aromatic heterocycles. The summed E-state index contributed by atoms with van der Waals surface area (Å²) in [6.07, 6.45) is 1.88. The molecule has 0 aromatic carbocycles. The van der Waals surface area contributed by atoms with Crippen molar-refractivity contribution < 1.29 is 17.1 Å².